The number of nitrogens with one attached hydrogen (secondary N) is 1. The third-order valence-corrected chi connectivity index (χ3v) is 2.72. The fourth-order valence-electron chi connectivity index (χ4n) is 1.66. The van der Waals surface area contributed by atoms with Gasteiger partial charge in [0.15, 0.2) is 0 Å². The molecule has 5 heteroatoms. The highest BCUT2D eigenvalue weighted by Gasteiger charge is 2.17. The Morgan fingerprint density at radius 1 is 1.16 bits per heavy atom. The highest BCUT2D eigenvalue weighted by molar-refractivity contribution is 6.04. The van der Waals surface area contributed by atoms with Crippen LogP contribution in [0.25, 0.3) is 0 Å². The molecule has 98 valence electrons. The molecule has 0 aliphatic heterocycles. The van der Waals surface area contributed by atoms with E-state index in [9.17, 15) is 13.6 Å². The van der Waals surface area contributed by atoms with Crippen LogP contribution < -0.4 is 11.1 Å². The van der Waals surface area contributed by atoms with Crippen molar-refractivity contribution in [3.05, 3.63) is 59.2 Å². The molecule has 0 aliphatic rings. The van der Waals surface area contributed by atoms with Crippen molar-refractivity contribution in [2.24, 2.45) is 0 Å². The van der Waals surface area contributed by atoms with Gasteiger partial charge in [0, 0.05) is 11.4 Å². The third-order valence-electron chi connectivity index (χ3n) is 2.72. The Morgan fingerprint density at radius 2 is 1.79 bits per heavy atom. The SMILES string of the molecule is Cc1cc(NC(=O)c2c(F)cccc2F)ccc1N. The maximum absolute atomic E-state index is 13.4. The summed E-state index contributed by atoms with van der Waals surface area (Å²) in [5, 5.41) is 2.43. The molecule has 0 saturated heterocycles. The monoisotopic (exact) mass is 262 g/mol. The minimum absolute atomic E-state index is 0.430. The van der Waals surface area contributed by atoms with E-state index in [0.29, 0.717) is 11.4 Å². The van der Waals surface area contributed by atoms with E-state index < -0.39 is 23.1 Å². The van der Waals surface area contributed by atoms with Gasteiger partial charge in [-0.1, -0.05) is 6.07 Å². The first kappa shape index (κ1) is 13.0. The number of hydrogen-bond donors (Lipinski definition) is 2. The molecule has 0 fully saturated rings. The number of anilines is 2. The number of nitrogens with two attached hydrogens (primary N) is 1. The van der Waals surface area contributed by atoms with Gasteiger partial charge in [0.2, 0.25) is 0 Å². The maximum atomic E-state index is 13.4. The van der Waals surface area contributed by atoms with Crippen LogP contribution in [0.3, 0.4) is 0 Å². The van der Waals surface area contributed by atoms with Crippen molar-refractivity contribution in [1.29, 1.82) is 0 Å². The van der Waals surface area contributed by atoms with Gasteiger partial charge >= 0.3 is 0 Å². The summed E-state index contributed by atoms with van der Waals surface area (Å²) in [6.07, 6.45) is 0. The summed E-state index contributed by atoms with van der Waals surface area (Å²) in [7, 11) is 0. The number of hydrogen-bond acceptors (Lipinski definition) is 2. The van der Waals surface area contributed by atoms with E-state index in [1.165, 1.54) is 6.07 Å². The topological polar surface area (TPSA) is 55.1 Å². The zero-order chi connectivity index (χ0) is 14.0. The summed E-state index contributed by atoms with van der Waals surface area (Å²) in [6.45, 7) is 1.77. The Labute approximate surface area is 109 Å². The van der Waals surface area contributed by atoms with E-state index in [0.717, 1.165) is 17.7 Å². The molecule has 1 amide bonds. The average Bonchev–Trinajstić information content (AvgIpc) is 2.33. The van der Waals surface area contributed by atoms with Gasteiger partial charge in [-0.05, 0) is 42.8 Å². The molecule has 0 bridgehead atoms. The Morgan fingerprint density at radius 3 is 2.37 bits per heavy atom. The van der Waals surface area contributed by atoms with Gasteiger partial charge in [0.25, 0.3) is 5.91 Å². The summed E-state index contributed by atoms with van der Waals surface area (Å²) in [6, 6.07) is 8.08. The lowest BCUT2D eigenvalue weighted by Gasteiger charge is -2.08. The van der Waals surface area contributed by atoms with Crippen LogP contribution in [0.4, 0.5) is 20.2 Å². The highest BCUT2D eigenvalue weighted by atomic mass is 19.1. The number of amides is 1. The first-order valence-corrected chi connectivity index (χ1v) is 5.60. The average molecular weight is 262 g/mol. The molecule has 0 atom stereocenters. The normalized spacial score (nSPS) is 10.3. The molecule has 0 aliphatic carbocycles. The third kappa shape index (κ3) is 2.70. The Kier molecular flexibility index (Phi) is 3.46. The van der Waals surface area contributed by atoms with E-state index in [-0.39, 0.29) is 0 Å². The van der Waals surface area contributed by atoms with Crippen LogP contribution in [0.1, 0.15) is 15.9 Å². The van der Waals surface area contributed by atoms with Crippen LogP contribution in [-0.4, -0.2) is 5.91 Å². The number of carbonyl (C=O) groups is 1. The summed E-state index contributed by atoms with van der Waals surface area (Å²) < 4.78 is 26.9. The van der Waals surface area contributed by atoms with Crippen molar-refractivity contribution in [2.45, 2.75) is 6.92 Å². The summed E-state index contributed by atoms with van der Waals surface area (Å²) in [5.74, 6) is -2.63. The molecule has 0 heterocycles. The minimum atomic E-state index is -0.898. The molecule has 2 aromatic rings. The standard InChI is InChI=1S/C14H12F2N2O/c1-8-7-9(5-6-12(8)17)18-14(19)13-10(15)3-2-4-11(13)16/h2-7H,17H2,1H3,(H,18,19). The van der Waals surface area contributed by atoms with Crippen molar-refractivity contribution in [3.63, 3.8) is 0 Å². The fraction of sp³-hybridized carbons (Fsp3) is 0.0714. The second-order valence-electron chi connectivity index (χ2n) is 4.12. The first-order valence-electron chi connectivity index (χ1n) is 5.60. The minimum Gasteiger partial charge on any atom is -0.399 e. The van der Waals surface area contributed by atoms with Gasteiger partial charge in [-0.25, -0.2) is 8.78 Å². The number of carbonyl (C=O) groups excluding carboxylic acids is 1. The molecule has 3 N–H and O–H groups in total. The van der Waals surface area contributed by atoms with Gasteiger partial charge in [-0.3, -0.25) is 4.79 Å². The molecule has 19 heavy (non-hydrogen) atoms. The molecule has 0 radical (unpaired) electrons. The van der Waals surface area contributed by atoms with Gasteiger partial charge in [0.1, 0.15) is 17.2 Å². The van der Waals surface area contributed by atoms with E-state index in [1.807, 2.05) is 0 Å². The number of rotatable bonds is 2. The van der Waals surface area contributed by atoms with Gasteiger partial charge in [-0.15, -0.1) is 0 Å². The smallest absolute Gasteiger partial charge is 0.261 e. The van der Waals surface area contributed by atoms with E-state index >= 15 is 0 Å². The van der Waals surface area contributed by atoms with Crippen LogP contribution in [0, 0.1) is 18.6 Å². The molecule has 0 unspecified atom stereocenters. The molecule has 0 spiro atoms. The lowest BCUT2D eigenvalue weighted by atomic mass is 10.1. The maximum Gasteiger partial charge on any atom is 0.261 e. The lowest BCUT2D eigenvalue weighted by Crippen LogP contribution is -2.16. The second-order valence-corrected chi connectivity index (χ2v) is 4.12. The van der Waals surface area contributed by atoms with Crippen molar-refractivity contribution < 1.29 is 13.6 Å². The number of aryl methyl sites for hydroxylation is 1. The molecule has 2 rings (SSSR count). The molecular formula is C14H12F2N2O. The summed E-state index contributed by atoms with van der Waals surface area (Å²) in [5.41, 5.74) is 6.83. The quantitative estimate of drug-likeness (QED) is 0.817. The van der Waals surface area contributed by atoms with Crippen molar-refractivity contribution in [1.82, 2.24) is 0 Å². The number of halogens is 2. The summed E-state index contributed by atoms with van der Waals surface area (Å²) in [4.78, 5) is 11.8. The van der Waals surface area contributed by atoms with E-state index in [2.05, 4.69) is 5.32 Å². The Balaban J connectivity index is 2.28. The van der Waals surface area contributed by atoms with Crippen molar-refractivity contribution in [3.8, 4) is 0 Å². The molecule has 0 aromatic heterocycles. The number of benzene rings is 2. The van der Waals surface area contributed by atoms with E-state index in [1.54, 1.807) is 25.1 Å². The largest absolute Gasteiger partial charge is 0.399 e. The lowest BCUT2D eigenvalue weighted by molar-refractivity contribution is 0.101. The first-order chi connectivity index (χ1) is 8.99. The number of nitrogen functional groups attached to an aromatic ring is 1. The van der Waals surface area contributed by atoms with Gasteiger partial charge < -0.3 is 11.1 Å². The zero-order valence-corrected chi connectivity index (χ0v) is 10.2. The van der Waals surface area contributed by atoms with Crippen molar-refractivity contribution in [2.75, 3.05) is 11.1 Å². The van der Waals surface area contributed by atoms with Crippen molar-refractivity contribution >= 4 is 17.3 Å². The van der Waals surface area contributed by atoms with Crippen LogP contribution >= 0.6 is 0 Å². The molecule has 2 aromatic carbocycles. The fourth-order valence-corrected chi connectivity index (χ4v) is 1.66. The zero-order valence-electron chi connectivity index (χ0n) is 10.2. The Hall–Kier alpha value is -2.43. The summed E-state index contributed by atoms with van der Waals surface area (Å²) >= 11 is 0. The molecule has 3 nitrogen and oxygen atoms in total. The van der Waals surface area contributed by atoms with Crippen LogP contribution in [0.5, 0.6) is 0 Å². The van der Waals surface area contributed by atoms with Crippen LogP contribution in [-0.2, 0) is 0 Å². The second kappa shape index (κ2) is 5.06. The van der Waals surface area contributed by atoms with Crippen LogP contribution in [0.15, 0.2) is 36.4 Å². The molecule has 0 saturated carbocycles. The van der Waals surface area contributed by atoms with Gasteiger partial charge in [0.05, 0.1) is 0 Å². The molecular weight excluding hydrogens is 250 g/mol. The highest BCUT2D eigenvalue weighted by Crippen LogP contribution is 2.19. The Bertz CT molecular complexity index is 621. The van der Waals surface area contributed by atoms with Gasteiger partial charge in [-0.2, -0.15) is 0 Å². The van der Waals surface area contributed by atoms with E-state index in [4.69, 9.17) is 5.73 Å². The van der Waals surface area contributed by atoms with Crippen LogP contribution in [0.2, 0.25) is 0 Å². The predicted molar refractivity (Wildman–Crippen MR) is 69.9 cm³/mol. The predicted octanol–water partition coefficient (Wildman–Crippen LogP) is 3.11.